The van der Waals surface area contributed by atoms with Gasteiger partial charge in [-0.05, 0) is 85.2 Å². The van der Waals surface area contributed by atoms with E-state index in [1.165, 1.54) is 9.79 Å². The topological polar surface area (TPSA) is 38.3 Å². The molecular weight excluding hydrogens is 390 g/mol. The summed E-state index contributed by atoms with van der Waals surface area (Å²) >= 11 is 0. The number of hydrogen-bond donors (Lipinski definition) is 2. The number of thiol groups is 1. The molecule has 0 aromatic heterocycles. The van der Waals surface area contributed by atoms with Crippen molar-refractivity contribution in [3.05, 3.63) is 78.9 Å². The Kier molecular flexibility index (Phi) is 6.63. The minimum atomic E-state index is -0.477. The van der Waals surface area contributed by atoms with Crippen LogP contribution in [0.1, 0.15) is 39.0 Å². The summed E-state index contributed by atoms with van der Waals surface area (Å²) in [5.41, 5.74) is 0.685. The van der Waals surface area contributed by atoms with Crippen molar-refractivity contribution in [1.82, 2.24) is 0 Å². The summed E-state index contributed by atoms with van der Waals surface area (Å²) in [5, 5.41) is 3.74. The SMILES string of the molecule is CC1(OC(=O)CNc2ccc([SH](c3ccccc3)C3C=CC=CC3)cc2)CCCC1. The number of ether oxygens (including phenoxy) is 1. The van der Waals surface area contributed by atoms with E-state index in [4.69, 9.17) is 4.74 Å². The Morgan fingerprint density at radius 3 is 2.40 bits per heavy atom. The van der Waals surface area contributed by atoms with Gasteiger partial charge in [-0.1, -0.05) is 42.5 Å². The normalized spacial score (nSPS) is 21.2. The maximum Gasteiger partial charge on any atom is 0.325 e. The number of hydrogen-bond acceptors (Lipinski definition) is 3. The monoisotopic (exact) mass is 421 g/mol. The van der Waals surface area contributed by atoms with Crippen LogP contribution in [0.15, 0.2) is 88.7 Å². The molecule has 2 unspecified atom stereocenters. The lowest BCUT2D eigenvalue weighted by atomic mass is 10.1. The molecule has 4 rings (SSSR count). The summed E-state index contributed by atoms with van der Waals surface area (Å²) in [6.45, 7) is 2.26. The van der Waals surface area contributed by atoms with Crippen LogP contribution < -0.4 is 5.32 Å². The van der Waals surface area contributed by atoms with Crippen LogP contribution in [0.25, 0.3) is 0 Å². The van der Waals surface area contributed by atoms with Gasteiger partial charge < -0.3 is 10.1 Å². The Hall–Kier alpha value is -2.46. The maximum atomic E-state index is 12.2. The summed E-state index contributed by atoms with van der Waals surface area (Å²) in [6.07, 6.45) is 14.2. The molecular formula is C26H31NO2S. The standard InChI is InChI=1S/C26H31NO2S/c1-26(18-8-9-19-26)29-25(28)20-27-21-14-16-24(17-15-21)30(22-10-4-2-5-11-22)23-12-6-3-7-13-23/h2-7,10-12,14-17,23,27,30H,8-9,13,18-20H2,1H3. The molecule has 0 bridgehead atoms. The first kappa shape index (κ1) is 20.8. The highest BCUT2D eigenvalue weighted by molar-refractivity contribution is 8.17. The Balaban J connectivity index is 1.42. The first-order valence-corrected chi connectivity index (χ1v) is 12.3. The van der Waals surface area contributed by atoms with Crippen LogP contribution >= 0.6 is 10.9 Å². The van der Waals surface area contributed by atoms with Gasteiger partial charge in [-0.15, -0.1) is 0 Å². The summed E-state index contributed by atoms with van der Waals surface area (Å²) in [6, 6.07) is 19.4. The molecule has 2 aliphatic carbocycles. The van der Waals surface area contributed by atoms with E-state index >= 15 is 0 Å². The highest BCUT2D eigenvalue weighted by atomic mass is 32.2. The second-order valence-corrected chi connectivity index (χ2v) is 10.8. The van der Waals surface area contributed by atoms with E-state index in [0.29, 0.717) is 5.25 Å². The molecule has 0 saturated heterocycles. The lowest BCUT2D eigenvalue weighted by molar-refractivity contribution is -0.155. The third-order valence-corrected chi connectivity index (χ3v) is 8.68. The highest BCUT2D eigenvalue weighted by Crippen LogP contribution is 2.50. The summed E-state index contributed by atoms with van der Waals surface area (Å²) in [7, 11) is -0.477. The van der Waals surface area contributed by atoms with Gasteiger partial charge in [0.1, 0.15) is 12.1 Å². The average molecular weight is 422 g/mol. The van der Waals surface area contributed by atoms with Gasteiger partial charge in [-0.25, -0.2) is 0 Å². The molecule has 0 radical (unpaired) electrons. The van der Waals surface area contributed by atoms with Crippen molar-refractivity contribution in [1.29, 1.82) is 0 Å². The summed E-state index contributed by atoms with van der Waals surface area (Å²) in [4.78, 5) is 15.0. The van der Waals surface area contributed by atoms with E-state index in [-0.39, 0.29) is 18.1 Å². The van der Waals surface area contributed by atoms with E-state index in [1.54, 1.807) is 0 Å². The van der Waals surface area contributed by atoms with Crippen LogP contribution in [0.4, 0.5) is 5.69 Å². The van der Waals surface area contributed by atoms with E-state index in [1.807, 2.05) is 6.92 Å². The van der Waals surface area contributed by atoms with Crippen molar-refractivity contribution in [2.45, 2.75) is 59.7 Å². The Labute approximate surface area is 182 Å². The van der Waals surface area contributed by atoms with Crippen molar-refractivity contribution >= 4 is 22.6 Å². The van der Waals surface area contributed by atoms with Crippen LogP contribution in [0.5, 0.6) is 0 Å². The van der Waals surface area contributed by atoms with Crippen molar-refractivity contribution in [3.8, 4) is 0 Å². The Morgan fingerprint density at radius 2 is 1.73 bits per heavy atom. The third-order valence-electron chi connectivity index (χ3n) is 5.93. The molecule has 2 aliphatic rings. The summed E-state index contributed by atoms with van der Waals surface area (Å²) in [5.74, 6) is -0.172. The molecule has 158 valence electrons. The van der Waals surface area contributed by atoms with Gasteiger partial charge in [-0.2, -0.15) is 10.9 Å². The second kappa shape index (κ2) is 9.57. The van der Waals surface area contributed by atoms with E-state index < -0.39 is 10.9 Å². The second-order valence-electron chi connectivity index (χ2n) is 8.35. The predicted octanol–water partition coefficient (Wildman–Crippen LogP) is 6.28. The molecule has 4 heteroatoms. The van der Waals surface area contributed by atoms with Crippen LogP contribution in [0.2, 0.25) is 0 Å². The molecule has 2 atom stereocenters. The minimum Gasteiger partial charge on any atom is -0.458 e. The number of carbonyl (C=O) groups excluding carboxylic acids is 1. The van der Waals surface area contributed by atoms with Crippen LogP contribution in [0, 0.1) is 0 Å². The molecule has 0 spiro atoms. The third kappa shape index (κ3) is 5.17. The van der Waals surface area contributed by atoms with Crippen molar-refractivity contribution in [3.63, 3.8) is 0 Å². The van der Waals surface area contributed by atoms with E-state index in [0.717, 1.165) is 37.8 Å². The van der Waals surface area contributed by atoms with Gasteiger partial charge in [-0.3, -0.25) is 4.79 Å². The maximum absolute atomic E-state index is 12.2. The lowest BCUT2D eigenvalue weighted by Gasteiger charge is -2.30. The quantitative estimate of drug-likeness (QED) is 0.408. The lowest BCUT2D eigenvalue weighted by Crippen LogP contribution is -2.31. The molecule has 1 N–H and O–H groups in total. The number of nitrogens with one attached hydrogen (secondary N) is 1. The van der Waals surface area contributed by atoms with Crippen molar-refractivity contribution in [2.24, 2.45) is 0 Å². The van der Waals surface area contributed by atoms with Crippen LogP contribution in [-0.2, 0) is 9.53 Å². The number of allylic oxidation sites excluding steroid dienone is 3. The number of benzene rings is 2. The minimum absolute atomic E-state index is 0.172. The van der Waals surface area contributed by atoms with Crippen molar-refractivity contribution < 1.29 is 9.53 Å². The molecule has 3 nitrogen and oxygen atoms in total. The fraction of sp³-hybridized carbons (Fsp3) is 0.346. The zero-order chi connectivity index (χ0) is 20.8. The number of esters is 1. The van der Waals surface area contributed by atoms with Crippen LogP contribution in [-0.4, -0.2) is 23.4 Å². The van der Waals surface area contributed by atoms with Gasteiger partial charge in [0.15, 0.2) is 0 Å². The zero-order valence-electron chi connectivity index (χ0n) is 17.6. The molecule has 2 aromatic carbocycles. The molecule has 1 saturated carbocycles. The highest BCUT2D eigenvalue weighted by Gasteiger charge is 2.32. The Morgan fingerprint density at radius 1 is 1.03 bits per heavy atom. The first-order chi connectivity index (χ1) is 14.6. The Bertz CT molecular complexity index is 898. The molecule has 2 aromatic rings. The molecule has 0 aliphatic heterocycles. The first-order valence-electron chi connectivity index (χ1n) is 10.9. The van der Waals surface area contributed by atoms with E-state index in [9.17, 15) is 4.79 Å². The largest absolute Gasteiger partial charge is 0.458 e. The number of carbonyl (C=O) groups is 1. The molecule has 0 amide bonds. The smallest absolute Gasteiger partial charge is 0.325 e. The van der Waals surface area contributed by atoms with E-state index in [2.05, 4.69) is 84.2 Å². The zero-order valence-corrected chi connectivity index (χ0v) is 18.5. The predicted molar refractivity (Wildman–Crippen MR) is 127 cm³/mol. The molecule has 30 heavy (non-hydrogen) atoms. The van der Waals surface area contributed by atoms with Crippen LogP contribution in [0.3, 0.4) is 0 Å². The molecule has 1 fully saturated rings. The van der Waals surface area contributed by atoms with Gasteiger partial charge in [0.25, 0.3) is 0 Å². The van der Waals surface area contributed by atoms with Gasteiger partial charge in [0.05, 0.1) is 0 Å². The van der Waals surface area contributed by atoms with Gasteiger partial charge in [0, 0.05) is 10.9 Å². The molecule has 0 heterocycles. The number of rotatable bonds is 7. The fourth-order valence-corrected chi connectivity index (χ4v) is 6.96. The fourth-order valence-electron chi connectivity index (χ4n) is 4.33. The van der Waals surface area contributed by atoms with Gasteiger partial charge >= 0.3 is 5.97 Å². The van der Waals surface area contributed by atoms with Gasteiger partial charge in [0.2, 0.25) is 0 Å². The summed E-state index contributed by atoms with van der Waals surface area (Å²) < 4.78 is 5.71. The number of anilines is 1. The van der Waals surface area contributed by atoms with Crippen molar-refractivity contribution in [2.75, 3.05) is 11.9 Å². The average Bonchev–Trinajstić information content (AvgIpc) is 3.21.